The number of fused-ring (bicyclic) bond motifs is 1. The zero-order chi connectivity index (χ0) is 25.8. The van der Waals surface area contributed by atoms with Crippen LogP contribution in [0.3, 0.4) is 0 Å². The van der Waals surface area contributed by atoms with Crippen molar-refractivity contribution >= 4 is 23.2 Å². The Balaban J connectivity index is 1.35. The first-order valence-corrected chi connectivity index (χ1v) is 13.3. The van der Waals surface area contributed by atoms with Crippen LogP contribution in [-0.4, -0.2) is 60.6 Å². The molecule has 0 saturated carbocycles. The first-order valence-electron chi connectivity index (χ1n) is 12.4. The summed E-state index contributed by atoms with van der Waals surface area (Å²) < 4.78 is 38.8. The van der Waals surface area contributed by atoms with Crippen molar-refractivity contribution in [3.05, 3.63) is 87.6 Å². The van der Waals surface area contributed by atoms with Gasteiger partial charge in [-0.2, -0.15) is 0 Å². The monoisotopic (exact) mass is 526 g/mol. The van der Waals surface area contributed by atoms with E-state index >= 15 is 0 Å². The number of hydrogen-bond donors (Lipinski definition) is 0. The van der Waals surface area contributed by atoms with E-state index in [0.29, 0.717) is 30.9 Å². The third-order valence-corrected chi connectivity index (χ3v) is 7.77. The van der Waals surface area contributed by atoms with E-state index in [4.69, 9.17) is 9.47 Å². The van der Waals surface area contributed by atoms with Gasteiger partial charge in [0.2, 0.25) is 5.91 Å². The Morgan fingerprint density at radius 1 is 1.11 bits per heavy atom. The second-order valence-electron chi connectivity index (χ2n) is 9.25. The van der Waals surface area contributed by atoms with Crippen LogP contribution in [0.5, 0.6) is 5.75 Å². The van der Waals surface area contributed by atoms with E-state index in [9.17, 15) is 18.4 Å². The van der Waals surface area contributed by atoms with Crippen LogP contribution in [0.1, 0.15) is 39.7 Å². The van der Waals surface area contributed by atoms with Gasteiger partial charge >= 0.3 is 0 Å². The van der Waals surface area contributed by atoms with Crippen LogP contribution in [0.25, 0.3) is 0 Å². The lowest BCUT2D eigenvalue weighted by Gasteiger charge is -2.37. The van der Waals surface area contributed by atoms with Gasteiger partial charge in [-0.25, -0.2) is 8.78 Å². The summed E-state index contributed by atoms with van der Waals surface area (Å²) in [6, 6.07) is 12.9. The molecule has 1 fully saturated rings. The molecule has 0 unspecified atom stereocenters. The van der Waals surface area contributed by atoms with E-state index < -0.39 is 11.6 Å². The summed E-state index contributed by atoms with van der Waals surface area (Å²) >= 11 is 1.64. The molecule has 2 atom stereocenters. The molecule has 3 aromatic rings. The van der Waals surface area contributed by atoms with E-state index in [1.54, 1.807) is 28.4 Å². The van der Waals surface area contributed by atoms with Gasteiger partial charge in [-0.15, -0.1) is 11.3 Å². The van der Waals surface area contributed by atoms with Crippen molar-refractivity contribution in [2.75, 3.05) is 32.8 Å². The summed E-state index contributed by atoms with van der Waals surface area (Å²) in [5, 5.41) is 2.00. The minimum absolute atomic E-state index is 0.133. The maximum atomic E-state index is 13.7. The number of halogens is 2. The molecule has 9 heteroatoms. The van der Waals surface area contributed by atoms with Crippen molar-refractivity contribution in [2.24, 2.45) is 0 Å². The molecular formula is C28H28F2N2O4S. The number of carbonyl (C=O) groups is 2. The molecule has 2 aliphatic rings. The number of thiophene rings is 1. The number of carbonyl (C=O) groups excluding carboxylic acids is 2. The van der Waals surface area contributed by atoms with E-state index in [-0.39, 0.29) is 43.7 Å². The Morgan fingerprint density at radius 3 is 2.70 bits per heavy atom. The average Bonchev–Trinajstić information content (AvgIpc) is 3.59. The molecule has 0 bridgehead atoms. The van der Waals surface area contributed by atoms with Crippen molar-refractivity contribution in [3.63, 3.8) is 0 Å². The second-order valence-corrected chi connectivity index (χ2v) is 10.2. The minimum Gasteiger partial charge on any atom is -0.491 e. The number of nitrogens with zero attached hydrogens (tertiary/aromatic N) is 2. The highest BCUT2D eigenvalue weighted by atomic mass is 32.1. The van der Waals surface area contributed by atoms with Crippen LogP contribution in [-0.2, 0) is 16.0 Å². The molecule has 0 spiro atoms. The summed E-state index contributed by atoms with van der Waals surface area (Å²) in [6.45, 7) is 1.43. The number of amides is 2. The number of hydrogen-bond acceptors (Lipinski definition) is 5. The zero-order valence-electron chi connectivity index (χ0n) is 20.3. The molecule has 2 aliphatic heterocycles. The van der Waals surface area contributed by atoms with Crippen molar-refractivity contribution in [3.8, 4) is 5.75 Å². The number of ether oxygens (including phenoxy) is 2. The van der Waals surface area contributed by atoms with Gasteiger partial charge in [0.05, 0.1) is 12.1 Å². The zero-order valence-corrected chi connectivity index (χ0v) is 21.1. The maximum absolute atomic E-state index is 13.7. The van der Waals surface area contributed by atoms with Gasteiger partial charge < -0.3 is 19.3 Å². The van der Waals surface area contributed by atoms with Gasteiger partial charge in [0.15, 0.2) is 0 Å². The highest BCUT2D eigenvalue weighted by Crippen LogP contribution is 2.34. The van der Waals surface area contributed by atoms with Crippen molar-refractivity contribution in [1.82, 2.24) is 9.80 Å². The molecule has 2 amide bonds. The van der Waals surface area contributed by atoms with Crippen LogP contribution in [0, 0.1) is 11.6 Å². The molecule has 1 saturated heterocycles. The van der Waals surface area contributed by atoms with Crippen LogP contribution in [0.15, 0.2) is 60.0 Å². The Hall–Kier alpha value is -3.30. The van der Waals surface area contributed by atoms with Gasteiger partial charge in [-0.3, -0.25) is 9.59 Å². The van der Waals surface area contributed by atoms with Gasteiger partial charge in [-0.1, -0.05) is 6.07 Å². The number of benzene rings is 2. The average molecular weight is 527 g/mol. The summed E-state index contributed by atoms with van der Waals surface area (Å²) in [5.41, 5.74) is 1.33. The summed E-state index contributed by atoms with van der Waals surface area (Å²) in [4.78, 5) is 31.5. The lowest BCUT2D eigenvalue weighted by atomic mass is 10.00. The fraction of sp³-hybridized carbons (Fsp3) is 0.357. The minimum atomic E-state index is -0.431. The Kier molecular flexibility index (Phi) is 7.81. The van der Waals surface area contributed by atoms with Crippen LogP contribution >= 0.6 is 11.3 Å². The van der Waals surface area contributed by atoms with Gasteiger partial charge in [0.1, 0.15) is 30.5 Å². The molecule has 0 aliphatic carbocycles. The molecule has 2 aromatic carbocycles. The predicted molar refractivity (Wildman–Crippen MR) is 136 cm³/mol. The molecule has 194 valence electrons. The Bertz CT molecular complexity index is 1240. The highest BCUT2D eigenvalue weighted by molar-refractivity contribution is 7.10. The first kappa shape index (κ1) is 25.4. The van der Waals surface area contributed by atoms with Crippen molar-refractivity contribution < 1.29 is 27.8 Å². The molecule has 0 N–H and O–H groups in total. The maximum Gasteiger partial charge on any atom is 0.254 e. The largest absolute Gasteiger partial charge is 0.491 e. The third-order valence-electron chi connectivity index (χ3n) is 6.77. The highest BCUT2D eigenvalue weighted by Gasteiger charge is 2.34. The van der Waals surface area contributed by atoms with Gasteiger partial charge in [-0.05, 0) is 72.7 Å². The molecule has 6 nitrogen and oxygen atoms in total. The van der Waals surface area contributed by atoms with E-state index in [1.165, 1.54) is 46.2 Å². The number of rotatable bonds is 8. The van der Waals surface area contributed by atoms with Crippen LogP contribution < -0.4 is 4.74 Å². The third kappa shape index (κ3) is 5.99. The van der Waals surface area contributed by atoms with E-state index in [0.717, 1.165) is 18.4 Å². The SMILES string of the molecule is O=C(c1ccc(F)cc1)N(CC(=O)N1CCc2sccc2[C@H]1COc1cccc(F)c1)C[C@@H]1CCCO1. The molecule has 37 heavy (non-hydrogen) atoms. The van der Waals surface area contributed by atoms with Crippen molar-refractivity contribution in [2.45, 2.75) is 31.4 Å². The summed E-state index contributed by atoms with van der Waals surface area (Å²) in [6.07, 6.45) is 2.29. The summed E-state index contributed by atoms with van der Waals surface area (Å²) in [5.74, 6) is -0.988. The standard InChI is InChI=1S/C28H28F2N2O4S/c29-20-8-6-19(7-9-20)28(34)31(16-23-5-2-13-35-23)17-27(33)32-12-10-26-24(11-14-37-26)25(32)18-36-22-4-1-3-21(30)15-22/h1,3-4,6-9,11,14-15,23,25H,2,5,10,12-13,16-18H2/t23-,25+/m0/s1. The lowest BCUT2D eigenvalue weighted by Crippen LogP contribution is -2.49. The fourth-order valence-corrected chi connectivity index (χ4v) is 5.82. The van der Waals surface area contributed by atoms with Crippen LogP contribution in [0.4, 0.5) is 8.78 Å². The smallest absolute Gasteiger partial charge is 0.254 e. The molecular weight excluding hydrogens is 498 g/mol. The Labute approximate surface area is 218 Å². The quantitative estimate of drug-likeness (QED) is 0.421. The summed E-state index contributed by atoms with van der Waals surface area (Å²) in [7, 11) is 0. The second kappa shape index (κ2) is 11.4. The van der Waals surface area contributed by atoms with E-state index in [1.807, 2.05) is 11.4 Å². The molecule has 1 aromatic heterocycles. The first-order chi connectivity index (χ1) is 18.0. The Morgan fingerprint density at radius 2 is 1.95 bits per heavy atom. The molecule has 0 radical (unpaired) electrons. The topological polar surface area (TPSA) is 59.1 Å². The molecule has 5 rings (SSSR count). The van der Waals surface area contributed by atoms with Crippen molar-refractivity contribution in [1.29, 1.82) is 0 Å². The normalized spacial score (nSPS) is 18.9. The lowest BCUT2D eigenvalue weighted by molar-refractivity contribution is -0.135. The van der Waals surface area contributed by atoms with Gasteiger partial charge in [0.25, 0.3) is 5.91 Å². The predicted octanol–water partition coefficient (Wildman–Crippen LogP) is 4.85. The molecule has 3 heterocycles. The van der Waals surface area contributed by atoms with Crippen LogP contribution in [0.2, 0.25) is 0 Å². The fourth-order valence-electron chi connectivity index (χ4n) is 4.89. The van der Waals surface area contributed by atoms with E-state index in [2.05, 4.69) is 0 Å². The van der Waals surface area contributed by atoms with Gasteiger partial charge in [0, 0.05) is 36.2 Å².